The summed E-state index contributed by atoms with van der Waals surface area (Å²) in [6.45, 7) is 4.03. The van der Waals surface area contributed by atoms with Crippen LogP contribution in [0.15, 0.2) is 24.3 Å². The van der Waals surface area contributed by atoms with E-state index in [0.717, 1.165) is 18.4 Å². The Hall–Kier alpha value is -3.10. The van der Waals surface area contributed by atoms with E-state index in [1.54, 1.807) is 24.3 Å². The number of amides is 4. The predicted molar refractivity (Wildman–Crippen MR) is 106 cm³/mol. The summed E-state index contributed by atoms with van der Waals surface area (Å²) >= 11 is 0. The van der Waals surface area contributed by atoms with Gasteiger partial charge < -0.3 is 26.0 Å². The third-order valence-electron chi connectivity index (χ3n) is 4.54. The minimum atomic E-state index is -0.644. The van der Waals surface area contributed by atoms with Crippen molar-refractivity contribution in [3.63, 3.8) is 0 Å². The first kappa shape index (κ1) is 22.2. The molecule has 0 radical (unpaired) electrons. The number of primary amides is 1. The highest BCUT2D eigenvalue weighted by Gasteiger charge is 2.31. The first-order valence-corrected chi connectivity index (χ1v) is 9.67. The van der Waals surface area contributed by atoms with Crippen molar-refractivity contribution in [3.05, 3.63) is 35.4 Å². The van der Waals surface area contributed by atoms with Gasteiger partial charge in [-0.05, 0) is 50.8 Å². The van der Waals surface area contributed by atoms with Gasteiger partial charge in [-0.15, -0.1) is 0 Å². The molecule has 1 atom stereocenters. The van der Waals surface area contributed by atoms with Crippen molar-refractivity contribution in [2.45, 2.75) is 51.7 Å². The quantitative estimate of drug-likeness (QED) is 0.582. The fourth-order valence-electron chi connectivity index (χ4n) is 3.07. The van der Waals surface area contributed by atoms with Gasteiger partial charge in [0.1, 0.15) is 6.04 Å². The van der Waals surface area contributed by atoms with Crippen molar-refractivity contribution >= 4 is 23.8 Å². The third-order valence-corrected chi connectivity index (χ3v) is 4.54. The van der Waals surface area contributed by atoms with Crippen molar-refractivity contribution in [1.82, 2.24) is 15.5 Å². The van der Waals surface area contributed by atoms with Gasteiger partial charge in [-0.3, -0.25) is 9.59 Å². The molecule has 0 saturated carbocycles. The molecule has 0 spiro atoms. The SMILES string of the molecule is CC(C)NC(=O)NCc1ccc(C(=O)OCC(=O)N2CCCC[C@@H]2C(N)=O)cc1. The van der Waals surface area contributed by atoms with E-state index in [4.69, 9.17) is 10.5 Å². The predicted octanol–water partition coefficient (Wildman–Crippen LogP) is 0.917. The van der Waals surface area contributed by atoms with E-state index < -0.39 is 30.4 Å². The molecule has 1 fully saturated rings. The number of benzene rings is 1. The normalized spacial score (nSPS) is 16.2. The van der Waals surface area contributed by atoms with Gasteiger partial charge in [0.2, 0.25) is 5.91 Å². The van der Waals surface area contributed by atoms with Crippen LogP contribution in [0.4, 0.5) is 4.79 Å². The third kappa shape index (κ3) is 6.78. The summed E-state index contributed by atoms with van der Waals surface area (Å²) < 4.78 is 5.09. The molecule has 4 N–H and O–H groups in total. The van der Waals surface area contributed by atoms with Crippen LogP contribution in [-0.2, 0) is 20.9 Å². The number of hydrogen-bond acceptors (Lipinski definition) is 5. The molecular formula is C20H28N4O5. The monoisotopic (exact) mass is 404 g/mol. The fourth-order valence-corrected chi connectivity index (χ4v) is 3.07. The molecule has 0 bridgehead atoms. The van der Waals surface area contributed by atoms with E-state index in [2.05, 4.69) is 10.6 Å². The second-order valence-corrected chi connectivity index (χ2v) is 7.26. The van der Waals surface area contributed by atoms with E-state index >= 15 is 0 Å². The van der Waals surface area contributed by atoms with Gasteiger partial charge in [-0.1, -0.05) is 12.1 Å². The lowest BCUT2D eigenvalue weighted by Crippen LogP contribution is -2.51. The van der Waals surface area contributed by atoms with Crippen molar-refractivity contribution in [2.24, 2.45) is 5.73 Å². The van der Waals surface area contributed by atoms with Gasteiger partial charge in [0.15, 0.2) is 6.61 Å². The molecule has 29 heavy (non-hydrogen) atoms. The highest BCUT2D eigenvalue weighted by atomic mass is 16.5. The summed E-state index contributed by atoms with van der Waals surface area (Å²) in [5.74, 6) is -1.61. The topological polar surface area (TPSA) is 131 Å². The Morgan fingerprint density at radius 1 is 1.17 bits per heavy atom. The van der Waals surface area contributed by atoms with E-state index in [1.165, 1.54) is 4.90 Å². The van der Waals surface area contributed by atoms with E-state index in [9.17, 15) is 19.2 Å². The van der Waals surface area contributed by atoms with Crippen LogP contribution in [0.1, 0.15) is 49.0 Å². The molecule has 0 aromatic heterocycles. The molecule has 1 aliphatic heterocycles. The summed E-state index contributed by atoms with van der Waals surface area (Å²) in [6.07, 6.45) is 2.14. The second kappa shape index (κ2) is 10.4. The lowest BCUT2D eigenvalue weighted by atomic mass is 10.0. The van der Waals surface area contributed by atoms with Crippen LogP contribution in [0, 0.1) is 0 Å². The van der Waals surface area contributed by atoms with Crippen LogP contribution < -0.4 is 16.4 Å². The number of piperidine rings is 1. The number of nitrogens with one attached hydrogen (secondary N) is 2. The number of esters is 1. The summed E-state index contributed by atoms with van der Waals surface area (Å²) in [5.41, 5.74) is 6.46. The van der Waals surface area contributed by atoms with Crippen LogP contribution >= 0.6 is 0 Å². The fraction of sp³-hybridized carbons (Fsp3) is 0.500. The molecule has 1 aromatic rings. The number of nitrogens with two attached hydrogens (primary N) is 1. The van der Waals surface area contributed by atoms with Crippen molar-refractivity contribution in [3.8, 4) is 0 Å². The van der Waals surface area contributed by atoms with Gasteiger partial charge in [-0.2, -0.15) is 0 Å². The number of nitrogens with zero attached hydrogens (tertiary/aromatic N) is 1. The Balaban J connectivity index is 1.83. The average Bonchev–Trinajstić information content (AvgIpc) is 2.70. The first-order valence-electron chi connectivity index (χ1n) is 9.67. The molecule has 0 unspecified atom stereocenters. The summed E-state index contributed by atoms with van der Waals surface area (Å²) in [4.78, 5) is 49.0. The van der Waals surface area contributed by atoms with Gasteiger partial charge in [0, 0.05) is 19.1 Å². The van der Waals surface area contributed by atoms with E-state index in [-0.39, 0.29) is 12.1 Å². The standard InChI is InChI=1S/C20H28N4O5/c1-13(2)23-20(28)22-11-14-6-8-15(9-7-14)19(27)29-12-17(25)24-10-4-3-5-16(24)18(21)26/h6-9,13,16H,3-5,10-12H2,1-2H3,(H2,21,26)(H2,22,23,28)/t16-/m1/s1. The maximum absolute atomic E-state index is 12.3. The van der Waals surface area contributed by atoms with Crippen molar-refractivity contribution < 1.29 is 23.9 Å². The van der Waals surface area contributed by atoms with E-state index in [1.807, 2.05) is 13.8 Å². The van der Waals surface area contributed by atoms with Crippen LogP contribution in [0.2, 0.25) is 0 Å². The molecule has 4 amide bonds. The Morgan fingerprint density at radius 3 is 2.48 bits per heavy atom. The smallest absolute Gasteiger partial charge is 0.338 e. The molecule has 158 valence electrons. The zero-order valence-electron chi connectivity index (χ0n) is 16.8. The van der Waals surface area contributed by atoms with Gasteiger partial charge >= 0.3 is 12.0 Å². The number of urea groups is 1. The maximum atomic E-state index is 12.3. The minimum absolute atomic E-state index is 0.0399. The average molecular weight is 404 g/mol. The zero-order valence-corrected chi connectivity index (χ0v) is 16.8. The van der Waals surface area contributed by atoms with Crippen molar-refractivity contribution in [2.75, 3.05) is 13.2 Å². The number of ether oxygens (including phenoxy) is 1. The summed E-state index contributed by atoms with van der Waals surface area (Å²) in [5, 5.41) is 5.43. The first-order chi connectivity index (χ1) is 13.8. The number of carbonyl (C=O) groups is 4. The summed E-state index contributed by atoms with van der Waals surface area (Å²) in [6, 6.07) is 5.65. The van der Waals surface area contributed by atoms with Crippen LogP contribution in [0.3, 0.4) is 0 Å². The molecule has 9 heteroatoms. The lowest BCUT2D eigenvalue weighted by molar-refractivity contribution is -0.143. The van der Waals surface area contributed by atoms with Crippen LogP contribution in [-0.4, -0.2) is 54.0 Å². The molecular weight excluding hydrogens is 376 g/mol. The molecule has 0 aliphatic carbocycles. The molecule has 1 heterocycles. The van der Waals surface area contributed by atoms with Crippen LogP contribution in [0.25, 0.3) is 0 Å². The Bertz CT molecular complexity index is 748. The maximum Gasteiger partial charge on any atom is 0.338 e. The molecule has 1 aromatic carbocycles. The molecule has 1 aliphatic rings. The highest BCUT2D eigenvalue weighted by Crippen LogP contribution is 2.17. The largest absolute Gasteiger partial charge is 0.452 e. The van der Waals surface area contributed by atoms with Crippen LogP contribution in [0.5, 0.6) is 0 Å². The molecule has 2 rings (SSSR count). The number of rotatable bonds is 7. The number of carbonyl (C=O) groups excluding carboxylic acids is 4. The molecule has 9 nitrogen and oxygen atoms in total. The Labute approximate surface area is 169 Å². The zero-order chi connectivity index (χ0) is 21.4. The number of hydrogen-bond donors (Lipinski definition) is 3. The van der Waals surface area contributed by atoms with Crippen molar-refractivity contribution in [1.29, 1.82) is 0 Å². The Kier molecular flexibility index (Phi) is 7.99. The Morgan fingerprint density at radius 2 is 1.86 bits per heavy atom. The van der Waals surface area contributed by atoms with Gasteiger partial charge in [0.25, 0.3) is 5.91 Å². The number of likely N-dealkylation sites (tertiary alicyclic amines) is 1. The van der Waals surface area contributed by atoms with E-state index in [0.29, 0.717) is 25.1 Å². The lowest BCUT2D eigenvalue weighted by Gasteiger charge is -2.33. The van der Waals surface area contributed by atoms with Gasteiger partial charge in [-0.25, -0.2) is 9.59 Å². The molecule has 1 saturated heterocycles. The highest BCUT2D eigenvalue weighted by molar-refractivity contribution is 5.92. The second-order valence-electron chi connectivity index (χ2n) is 7.26. The minimum Gasteiger partial charge on any atom is -0.452 e. The summed E-state index contributed by atoms with van der Waals surface area (Å²) in [7, 11) is 0. The van der Waals surface area contributed by atoms with Gasteiger partial charge in [0.05, 0.1) is 5.56 Å².